The second-order valence-electron chi connectivity index (χ2n) is 7.17. The zero-order valence-electron chi connectivity index (χ0n) is 14.7. The summed E-state index contributed by atoms with van der Waals surface area (Å²) in [5.41, 5.74) is 4.57. The molecule has 0 spiro atoms. The van der Waals surface area contributed by atoms with Crippen LogP contribution >= 0.6 is 0 Å². The largest absolute Gasteiger partial charge is 0.274 e. The van der Waals surface area contributed by atoms with E-state index in [9.17, 15) is 4.39 Å². The molecule has 0 bridgehead atoms. The maximum absolute atomic E-state index is 13.8. The second-order valence-corrected chi connectivity index (χ2v) is 7.17. The average molecular weight is 334 g/mol. The fourth-order valence-corrected chi connectivity index (χ4v) is 3.28. The van der Waals surface area contributed by atoms with Gasteiger partial charge in [-0.05, 0) is 38.5 Å². The minimum Gasteiger partial charge on any atom is -0.274 e. The standard InChI is InChI=1S/C20H19FN4/c1-11-8-9-13-14(10-11)12(2)20(3,4)23-17(13)19-22-16-7-5-6-15(21)18(16)24-25-19/h5-10,12H,1-4H3. The van der Waals surface area contributed by atoms with Gasteiger partial charge in [0.15, 0.2) is 5.82 Å². The van der Waals surface area contributed by atoms with Crippen LogP contribution in [0.4, 0.5) is 4.39 Å². The smallest absolute Gasteiger partial charge is 0.201 e. The molecule has 0 aliphatic carbocycles. The molecular weight excluding hydrogens is 315 g/mol. The van der Waals surface area contributed by atoms with Gasteiger partial charge in [0.25, 0.3) is 0 Å². The Hall–Kier alpha value is -2.69. The van der Waals surface area contributed by atoms with Crippen molar-refractivity contribution in [1.29, 1.82) is 0 Å². The Kier molecular flexibility index (Phi) is 3.42. The summed E-state index contributed by atoms with van der Waals surface area (Å²) >= 11 is 0. The van der Waals surface area contributed by atoms with Crippen LogP contribution in [0.15, 0.2) is 41.4 Å². The predicted molar refractivity (Wildman–Crippen MR) is 96.6 cm³/mol. The van der Waals surface area contributed by atoms with Gasteiger partial charge in [0.05, 0.1) is 11.1 Å². The van der Waals surface area contributed by atoms with Gasteiger partial charge in [0.1, 0.15) is 11.2 Å². The van der Waals surface area contributed by atoms with Crippen LogP contribution in [0.25, 0.3) is 11.0 Å². The molecule has 0 radical (unpaired) electrons. The van der Waals surface area contributed by atoms with Gasteiger partial charge in [-0.3, -0.25) is 4.99 Å². The zero-order valence-corrected chi connectivity index (χ0v) is 14.7. The molecule has 0 fully saturated rings. The summed E-state index contributed by atoms with van der Waals surface area (Å²) in [6.45, 7) is 8.49. The maximum atomic E-state index is 13.8. The molecule has 4 rings (SSSR count). The third-order valence-electron chi connectivity index (χ3n) is 5.04. The van der Waals surface area contributed by atoms with Crippen molar-refractivity contribution in [2.24, 2.45) is 4.99 Å². The molecule has 0 saturated heterocycles. The first kappa shape index (κ1) is 15.8. The van der Waals surface area contributed by atoms with Crippen molar-refractivity contribution in [1.82, 2.24) is 15.2 Å². The number of aryl methyl sites for hydroxylation is 1. The monoisotopic (exact) mass is 334 g/mol. The van der Waals surface area contributed by atoms with Crippen LogP contribution in [0.5, 0.6) is 0 Å². The van der Waals surface area contributed by atoms with Crippen molar-refractivity contribution in [2.75, 3.05) is 0 Å². The second kappa shape index (κ2) is 5.41. The van der Waals surface area contributed by atoms with Crippen molar-refractivity contribution in [3.05, 3.63) is 64.7 Å². The van der Waals surface area contributed by atoms with Crippen molar-refractivity contribution < 1.29 is 4.39 Å². The van der Waals surface area contributed by atoms with Gasteiger partial charge < -0.3 is 0 Å². The summed E-state index contributed by atoms with van der Waals surface area (Å²) in [6, 6.07) is 11.1. The third-order valence-corrected chi connectivity index (χ3v) is 5.04. The summed E-state index contributed by atoms with van der Waals surface area (Å²) in [5.74, 6) is 0.291. The molecule has 2 heterocycles. The Bertz CT molecular complexity index is 1020. The Morgan fingerprint density at radius 1 is 1.08 bits per heavy atom. The van der Waals surface area contributed by atoms with E-state index in [4.69, 9.17) is 4.99 Å². The normalized spacial score (nSPS) is 18.8. The highest BCUT2D eigenvalue weighted by molar-refractivity contribution is 6.13. The molecule has 4 nitrogen and oxygen atoms in total. The first-order chi connectivity index (χ1) is 11.9. The molecule has 2 aromatic carbocycles. The summed E-state index contributed by atoms with van der Waals surface area (Å²) in [5, 5.41) is 8.22. The number of fused-ring (bicyclic) bond motifs is 2. The fourth-order valence-electron chi connectivity index (χ4n) is 3.28. The number of hydrogen-bond acceptors (Lipinski definition) is 4. The highest BCUT2D eigenvalue weighted by Gasteiger charge is 2.35. The summed E-state index contributed by atoms with van der Waals surface area (Å²) < 4.78 is 13.8. The van der Waals surface area contributed by atoms with Crippen molar-refractivity contribution in [3.8, 4) is 0 Å². The SMILES string of the molecule is Cc1ccc2c(c1)C(C)C(C)(C)N=C2c1nnc2c(F)cccc2n1. The number of aliphatic imine (C=N–C) groups is 1. The molecule has 25 heavy (non-hydrogen) atoms. The topological polar surface area (TPSA) is 51.0 Å². The molecule has 5 heteroatoms. The summed E-state index contributed by atoms with van der Waals surface area (Å²) in [4.78, 5) is 9.45. The summed E-state index contributed by atoms with van der Waals surface area (Å²) in [7, 11) is 0. The molecule has 1 unspecified atom stereocenters. The number of hydrogen-bond donors (Lipinski definition) is 0. The zero-order chi connectivity index (χ0) is 17.8. The van der Waals surface area contributed by atoms with Gasteiger partial charge in [-0.2, -0.15) is 0 Å². The van der Waals surface area contributed by atoms with Gasteiger partial charge in [-0.25, -0.2) is 9.37 Å². The first-order valence-electron chi connectivity index (χ1n) is 8.37. The van der Waals surface area contributed by atoms with E-state index in [0.29, 0.717) is 11.3 Å². The summed E-state index contributed by atoms with van der Waals surface area (Å²) in [6.07, 6.45) is 0. The minimum atomic E-state index is -0.417. The Morgan fingerprint density at radius 3 is 2.68 bits per heavy atom. The van der Waals surface area contributed by atoms with Crippen molar-refractivity contribution >= 4 is 16.7 Å². The first-order valence-corrected chi connectivity index (χ1v) is 8.37. The lowest BCUT2D eigenvalue weighted by Crippen LogP contribution is -2.33. The molecule has 3 aromatic rings. The lowest BCUT2D eigenvalue weighted by Gasteiger charge is -2.35. The molecule has 0 saturated carbocycles. The van der Waals surface area contributed by atoms with E-state index < -0.39 is 5.82 Å². The quantitative estimate of drug-likeness (QED) is 0.670. The van der Waals surface area contributed by atoms with E-state index in [2.05, 4.69) is 61.1 Å². The Morgan fingerprint density at radius 2 is 1.88 bits per heavy atom. The lowest BCUT2D eigenvalue weighted by atomic mass is 9.77. The van der Waals surface area contributed by atoms with Gasteiger partial charge in [0.2, 0.25) is 5.82 Å². The number of aromatic nitrogens is 3. The maximum Gasteiger partial charge on any atom is 0.201 e. The van der Waals surface area contributed by atoms with Crippen LogP contribution in [0.1, 0.15) is 49.2 Å². The van der Waals surface area contributed by atoms with E-state index in [1.165, 1.54) is 17.2 Å². The number of benzene rings is 2. The van der Waals surface area contributed by atoms with Crippen LogP contribution in [0.2, 0.25) is 0 Å². The number of rotatable bonds is 1. The van der Waals surface area contributed by atoms with Gasteiger partial charge in [0, 0.05) is 11.5 Å². The van der Waals surface area contributed by atoms with E-state index in [-0.39, 0.29) is 17.0 Å². The molecule has 0 amide bonds. The molecule has 126 valence electrons. The molecule has 1 aromatic heterocycles. The van der Waals surface area contributed by atoms with Crippen LogP contribution in [-0.2, 0) is 0 Å². The van der Waals surface area contributed by atoms with Crippen LogP contribution in [-0.4, -0.2) is 26.4 Å². The highest BCUT2D eigenvalue weighted by Crippen LogP contribution is 2.38. The van der Waals surface area contributed by atoms with E-state index in [0.717, 1.165) is 11.3 Å². The van der Waals surface area contributed by atoms with Gasteiger partial charge in [-0.1, -0.05) is 36.8 Å². The Labute approximate surface area is 145 Å². The molecule has 1 aliphatic rings. The predicted octanol–water partition coefficient (Wildman–Crippen LogP) is 4.21. The number of nitrogens with zero attached hydrogens (tertiary/aromatic N) is 4. The third kappa shape index (κ3) is 2.51. The molecular formula is C20H19FN4. The molecule has 1 aliphatic heterocycles. The molecule has 1 atom stereocenters. The molecule has 0 N–H and O–H groups in total. The van der Waals surface area contributed by atoms with Gasteiger partial charge in [-0.15, -0.1) is 10.2 Å². The Balaban J connectivity index is 1.95. The van der Waals surface area contributed by atoms with Crippen LogP contribution in [0.3, 0.4) is 0 Å². The number of halogens is 1. The van der Waals surface area contributed by atoms with Gasteiger partial charge >= 0.3 is 0 Å². The van der Waals surface area contributed by atoms with E-state index >= 15 is 0 Å². The van der Waals surface area contributed by atoms with Crippen molar-refractivity contribution in [2.45, 2.75) is 39.2 Å². The highest BCUT2D eigenvalue weighted by atomic mass is 19.1. The minimum absolute atomic E-state index is 0.180. The average Bonchev–Trinajstić information content (AvgIpc) is 2.58. The fraction of sp³-hybridized carbons (Fsp3) is 0.300. The van der Waals surface area contributed by atoms with Crippen LogP contribution < -0.4 is 0 Å². The van der Waals surface area contributed by atoms with Crippen LogP contribution in [0, 0.1) is 12.7 Å². The van der Waals surface area contributed by atoms with E-state index in [1.807, 2.05) is 0 Å². The lowest BCUT2D eigenvalue weighted by molar-refractivity contribution is 0.431. The van der Waals surface area contributed by atoms with Crippen molar-refractivity contribution in [3.63, 3.8) is 0 Å². The van der Waals surface area contributed by atoms with E-state index in [1.54, 1.807) is 12.1 Å².